The molecule has 37 heavy (non-hydrogen) atoms. The molecule has 4 aromatic rings. The summed E-state index contributed by atoms with van der Waals surface area (Å²) in [6.45, 7) is 0.676. The smallest absolute Gasteiger partial charge is 0.267 e. The van der Waals surface area contributed by atoms with Gasteiger partial charge in [0.05, 0.1) is 23.9 Å². The molecule has 6 nitrogen and oxygen atoms in total. The van der Waals surface area contributed by atoms with Gasteiger partial charge in [0.15, 0.2) is 5.17 Å². The SMILES string of the molecule is O=C1/C(=C/c2cccc(OCc3ccccc3)c2)S/C(=N/N=C\c2ccc(F)cc2)N1Cc1ccco1. The van der Waals surface area contributed by atoms with Gasteiger partial charge in [-0.05, 0) is 70.9 Å². The van der Waals surface area contributed by atoms with E-state index in [-0.39, 0.29) is 18.3 Å². The van der Waals surface area contributed by atoms with Crippen molar-refractivity contribution >= 4 is 35.1 Å². The van der Waals surface area contributed by atoms with Crippen LogP contribution in [0.25, 0.3) is 6.08 Å². The summed E-state index contributed by atoms with van der Waals surface area (Å²) in [6, 6.07) is 27.0. The molecular formula is C29H22FN3O3S. The molecule has 0 N–H and O–H groups in total. The second-order valence-electron chi connectivity index (χ2n) is 8.11. The van der Waals surface area contributed by atoms with Crippen LogP contribution in [0.1, 0.15) is 22.5 Å². The van der Waals surface area contributed by atoms with Crippen molar-refractivity contribution in [3.8, 4) is 5.75 Å². The van der Waals surface area contributed by atoms with Gasteiger partial charge in [0.25, 0.3) is 5.91 Å². The Balaban J connectivity index is 1.36. The average Bonchev–Trinajstić information content (AvgIpc) is 3.54. The number of amides is 1. The van der Waals surface area contributed by atoms with E-state index in [4.69, 9.17) is 9.15 Å². The number of amidine groups is 1. The minimum absolute atomic E-state index is 0.201. The zero-order valence-corrected chi connectivity index (χ0v) is 20.5. The van der Waals surface area contributed by atoms with Gasteiger partial charge in [0.1, 0.15) is 23.9 Å². The summed E-state index contributed by atoms with van der Waals surface area (Å²) in [5.41, 5.74) is 2.60. The van der Waals surface area contributed by atoms with Gasteiger partial charge in [-0.1, -0.05) is 54.6 Å². The minimum Gasteiger partial charge on any atom is -0.489 e. The molecule has 0 saturated carbocycles. The molecule has 1 aromatic heterocycles. The highest BCUT2D eigenvalue weighted by molar-refractivity contribution is 8.18. The first kappa shape index (κ1) is 24.3. The van der Waals surface area contributed by atoms with E-state index in [0.29, 0.717) is 33.8 Å². The first-order valence-electron chi connectivity index (χ1n) is 11.5. The molecule has 0 bridgehead atoms. The Kier molecular flexibility index (Phi) is 7.57. The largest absolute Gasteiger partial charge is 0.489 e. The first-order chi connectivity index (χ1) is 18.1. The highest BCUT2D eigenvalue weighted by atomic mass is 32.2. The van der Waals surface area contributed by atoms with Crippen molar-refractivity contribution < 1.29 is 18.3 Å². The van der Waals surface area contributed by atoms with Gasteiger partial charge in [-0.2, -0.15) is 5.10 Å². The number of furan rings is 1. The Morgan fingerprint density at radius 1 is 0.946 bits per heavy atom. The summed E-state index contributed by atoms with van der Waals surface area (Å²) >= 11 is 1.23. The Morgan fingerprint density at radius 2 is 1.78 bits per heavy atom. The second-order valence-corrected chi connectivity index (χ2v) is 9.12. The Hall–Kier alpha value is -4.43. The third kappa shape index (κ3) is 6.42. The van der Waals surface area contributed by atoms with Gasteiger partial charge in [-0.3, -0.25) is 9.69 Å². The van der Waals surface area contributed by atoms with E-state index in [1.807, 2.05) is 60.7 Å². The number of ether oxygens (including phenoxy) is 1. The van der Waals surface area contributed by atoms with Crippen molar-refractivity contribution in [3.05, 3.63) is 130 Å². The van der Waals surface area contributed by atoms with Crippen LogP contribution in [0.2, 0.25) is 0 Å². The van der Waals surface area contributed by atoms with Crippen LogP contribution in [-0.2, 0) is 17.9 Å². The lowest BCUT2D eigenvalue weighted by molar-refractivity contribution is -0.122. The van der Waals surface area contributed by atoms with Gasteiger partial charge in [-0.25, -0.2) is 4.39 Å². The third-order valence-corrected chi connectivity index (χ3v) is 6.40. The molecule has 8 heteroatoms. The number of thioether (sulfide) groups is 1. The molecule has 1 saturated heterocycles. The Labute approximate surface area is 217 Å². The van der Waals surface area contributed by atoms with Crippen molar-refractivity contribution in [1.29, 1.82) is 0 Å². The van der Waals surface area contributed by atoms with E-state index in [1.165, 1.54) is 35.0 Å². The topological polar surface area (TPSA) is 67.4 Å². The lowest BCUT2D eigenvalue weighted by atomic mass is 10.2. The van der Waals surface area contributed by atoms with Gasteiger partial charge >= 0.3 is 0 Å². The molecule has 0 unspecified atom stereocenters. The standard InChI is InChI=1S/C29H22FN3O3S/c30-24-13-11-21(12-14-24)18-31-32-29-33(19-26-10-5-15-35-26)28(34)27(37-29)17-23-8-4-9-25(16-23)36-20-22-6-2-1-3-7-22/h1-18H,19-20H2/b27-17-,31-18-,32-29+. The number of benzene rings is 3. The molecule has 1 fully saturated rings. The van der Waals surface area contributed by atoms with Crippen LogP contribution in [0.3, 0.4) is 0 Å². The van der Waals surface area contributed by atoms with E-state index >= 15 is 0 Å². The summed E-state index contributed by atoms with van der Waals surface area (Å²) in [6.07, 6.45) is 4.88. The van der Waals surface area contributed by atoms with Crippen molar-refractivity contribution in [3.63, 3.8) is 0 Å². The highest BCUT2D eigenvalue weighted by Crippen LogP contribution is 2.34. The van der Waals surface area contributed by atoms with Crippen molar-refractivity contribution in [1.82, 2.24) is 4.90 Å². The van der Waals surface area contributed by atoms with Crippen molar-refractivity contribution in [2.45, 2.75) is 13.2 Å². The maximum atomic E-state index is 13.3. The summed E-state index contributed by atoms with van der Waals surface area (Å²) < 4.78 is 24.5. The average molecular weight is 512 g/mol. The summed E-state index contributed by atoms with van der Waals surface area (Å²) in [5, 5.41) is 8.82. The van der Waals surface area contributed by atoms with Crippen LogP contribution in [0.15, 0.2) is 117 Å². The molecule has 0 spiro atoms. The van der Waals surface area contributed by atoms with E-state index in [2.05, 4.69) is 10.2 Å². The van der Waals surface area contributed by atoms with Crippen molar-refractivity contribution in [2.24, 2.45) is 10.2 Å². The zero-order chi connectivity index (χ0) is 25.5. The van der Waals surface area contributed by atoms with E-state index in [0.717, 1.165) is 11.1 Å². The van der Waals surface area contributed by atoms with Gasteiger partial charge in [0, 0.05) is 0 Å². The molecule has 3 aromatic carbocycles. The number of carbonyl (C=O) groups is 1. The number of hydrogen-bond donors (Lipinski definition) is 0. The fourth-order valence-electron chi connectivity index (χ4n) is 3.56. The number of halogens is 1. The van der Waals surface area contributed by atoms with Crippen LogP contribution >= 0.6 is 11.8 Å². The summed E-state index contributed by atoms with van der Waals surface area (Å²) in [4.78, 5) is 15.3. The fourth-order valence-corrected chi connectivity index (χ4v) is 4.50. The van der Waals surface area contributed by atoms with Crippen LogP contribution in [0.4, 0.5) is 4.39 Å². The third-order valence-electron chi connectivity index (χ3n) is 5.41. The molecular weight excluding hydrogens is 489 g/mol. The molecule has 2 heterocycles. The molecule has 1 aliphatic heterocycles. The molecule has 184 valence electrons. The Bertz CT molecular complexity index is 1450. The van der Waals surface area contributed by atoms with Crippen LogP contribution in [-0.4, -0.2) is 22.2 Å². The van der Waals surface area contributed by atoms with Crippen molar-refractivity contribution in [2.75, 3.05) is 0 Å². The zero-order valence-electron chi connectivity index (χ0n) is 19.7. The predicted octanol–water partition coefficient (Wildman–Crippen LogP) is 6.50. The van der Waals surface area contributed by atoms with E-state index in [9.17, 15) is 9.18 Å². The maximum Gasteiger partial charge on any atom is 0.267 e. The molecule has 0 atom stereocenters. The normalized spacial score (nSPS) is 15.8. The monoisotopic (exact) mass is 511 g/mol. The summed E-state index contributed by atoms with van der Waals surface area (Å²) in [5.74, 6) is 0.808. The predicted molar refractivity (Wildman–Crippen MR) is 143 cm³/mol. The molecule has 0 radical (unpaired) electrons. The van der Waals surface area contributed by atoms with Crippen LogP contribution in [0.5, 0.6) is 5.75 Å². The lowest BCUT2D eigenvalue weighted by Gasteiger charge is -2.12. The lowest BCUT2D eigenvalue weighted by Crippen LogP contribution is -2.28. The van der Waals surface area contributed by atoms with E-state index in [1.54, 1.807) is 30.5 Å². The van der Waals surface area contributed by atoms with Crippen LogP contribution in [0, 0.1) is 5.82 Å². The summed E-state index contributed by atoms with van der Waals surface area (Å²) in [7, 11) is 0. The highest BCUT2D eigenvalue weighted by Gasteiger charge is 2.34. The number of rotatable bonds is 8. The molecule has 0 aliphatic carbocycles. The first-order valence-corrected chi connectivity index (χ1v) is 12.3. The number of nitrogens with zero attached hydrogens (tertiary/aromatic N) is 3. The van der Waals surface area contributed by atoms with Gasteiger partial charge in [0.2, 0.25) is 0 Å². The molecule has 1 amide bonds. The van der Waals surface area contributed by atoms with Gasteiger partial charge in [-0.15, -0.1) is 5.10 Å². The second kappa shape index (κ2) is 11.5. The minimum atomic E-state index is -0.325. The number of hydrogen-bond acceptors (Lipinski definition) is 6. The molecule has 5 rings (SSSR count). The van der Waals surface area contributed by atoms with Gasteiger partial charge < -0.3 is 9.15 Å². The molecule has 1 aliphatic rings. The maximum absolute atomic E-state index is 13.3. The van der Waals surface area contributed by atoms with E-state index < -0.39 is 0 Å². The number of carbonyl (C=O) groups excluding carboxylic acids is 1. The fraction of sp³-hybridized carbons (Fsp3) is 0.0690. The van der Waals surface area contributed by atoms with Crippen LogP contribution < -0.4 is 4.74 Å². The Morgan fingerprint density at radius 3 is 2.57 bits per heavy atom. The quantitative estimate of drug-likeness (QED) is 0.154.